The Morgan fingerprint density at radius 2 is 1.59 bits per heavy atom. The summed E-state index contributed by atoms with van der Waals surface area (Å²) in [6.45, 7) is 0.985. The van der Waals surface area contributed by atoms with Gasteiger partial charge in [0.2, 0.25) is 5.91 Å². The van der Waals surface area contributed by atoms with E-state index in [4.69, 9.17) is 4.74 Å². The van der Waals surface area contributed by atoms with Crippen LogP contribution < -0.4 is 10.6 Å². The van der Waals surface area contributed by atoms with Gasteiger partial charge in [0.1, 0.15) is 5.82 Å². The number of carbonyl (C=O) groups is 3. The number of H-pyrrole nitrogens is 1. The normalized spacial score (nSPS) is 10.5. The van der Waals surface area contributed by atoms with Crippen molar-refractivity contribution in [2.75, 3.05) is 17.2 Å². The molecule has 8 nitrogen and oxygen atoms in total. The van der Waals surface area contributed by atoms with E-state index < -0.39 is 18.5 Å². The third kappa shape index (κ3) is 4.99. The van der Waals surface area contributed by atoms with E-state index in [1.807, 2.05) is 30.3 Å². The van der Waals surface area contributed by atoms with Gasteiger partial charge in [-0.2, -0.15) is 0 Å². The molecule has 0 atom stereocenters. The molecule has 3 N–H and O–H groups in total. The number of esters is 1. The van der Waals surface area contributed by atoms with Crippen molar-refractivity contribution in [1.82, 2.24) is 9.97 Å². The van der Waals surface area contributed by atoms with Gasteiger partial charge in [-0.25, -0.2) is 9.78 Å². The molecule has 0 aliphatic rings. The van der Waals surface area contributed by atoms with E-state index in [2.05, 4.69) is 20.6 Å². The Balaban J connectivity index is 1.36. The molecule has 160 valence electrons. The van der Waals surface area contributed by atoms with Gasteiger partial charge >= 0.3 is 5.97 Å². The lowest BCUT2D eigenvalue weighted by Crippen LogP contribution is -2.21. The van der Waals surface area contributed by atoms with Crippen molar-refractivity contribution in [3.63, 3.8) is 0 Å². The maximum absolute atomic E-state index is 12.4. The molecule has 32 heavy (non-hydrogen) atoms. The van der Waals surface area contributed by atoms with Gasteiger partial charge in [0.25, 0.3) is 5.91 Å². The zero-order chi connectivity index (χ0) is 22.5. The Hall–Kier alpha value is -4.46. The fourth-order valence-electron chi connectivity index (χ4n) is 3.12. The van der Waals surface area contributed by atoms with Crippen molar-refractivity contribution in [1.29, 1.82) is 0 Å². The van der Waals surface area contributed by atoms with Gasteiger partial charge in [0.05, 0.1) is 16.6 Å². The Morgan fingerprint density at radius 3 is 2.28 bits per heavy atom. The van der Waals surface area contributed by atoms with Gasteiger partial charge in [-0.15, -0.1) is 0 Å². The summed E-state index contributed by atoms with van der Waals surface area (Å²) >= 11 is 0. The second-order valence-electron chi connectivity index (χ2n) is 7.07. The van der Waals surface area contributed by atoms with Gasteiger partial charge in [-0.05, 0) is 42.5 Å². The summed E-state index contributed by atoms with van der Waals surface area (Å²) in [5.41, 5.74) is 3.81. The first-order chi connectivity index (χ1) is 15.5. The first-order valence-electron chi connectivity index (χ1n) is 9.88. The number of imidazole rings is 1. The predicted molar refractivity (Wildman–Crippen MR) is 121 cm³/mol. The number of carbonyl (C=O) groups excluding carboxylic acids is 3. The number of aromatic nitrogens is 2. The van der Waals surface area contributed by atoms with E-state index in [0.717, 1.165) is 11.1 Å². The summed E-state index contributed by atoms with van der Waals surface area (Å²) in [5.74, 6) is -0.563. The SMILES string of the molecule is CC(=O)Nc1ccc(NC(=O)COC(=O)c2ccc3nc(-c4ccccc4)[nH]c3c2)cc1. The van der Waals surface area contributed by atoms with Crippen LogP contribution in [0.4, 0.5) is 11.4 Å². The van der Waals surface area contributed by atoms with Gasteiger partial charge in [-0.1, -0.05) is 30.3 Å². The van der Waals surface area contributed by atoms with Crippen LogP contribution in [0.2, 0.25) is 0 Å². The topological polar surface area (TPSA) is 113 Å². The van der Waals surface area contributed by atoms with E-state index >= 15 is 0 Å². The molecule has 0 aliphatic heterocycles. The number of amides is 2. The van der Waals surface area contributed by atoms with Crippen molar-refractivity contribution < 1.29 is 19.1 Å². The quantitative estimate of drug-likeness (QED) is 0.402. The maximum Gasteiger partial charge on any atom is 0.338 e. The highest BCUT2D eigenvalue weighted by atomic mass is 16.5. The van der Waals surface area contributed by atoms with Crippen LogP contribution in [0.15, 0.2) is 72.8 Å². The zero-order valence-electron chi connectivity index (χ0n) is 17.2. The first kappa shape index (κ1) is 20.8. The Labute approximate surface area is 183 Å². The molecular formula is C24H20N4O4. The molecule has 0 saturated carbocycles. The molecule has 0 fully saturated rings. The number of nitrogens with one attached hydrogen (secondary N) is 3. The third-order valence-corrected chi connectivity index (χ3v) is 4.59. The Kier molecular flexibility index (Phi) is 5.94. The largest absolute Gasteiger partial charge is 0.452 e. The Morgan fingerprint density at radius 1 is 0.906 bits per heavy atom. The average molecular weight is 428 g/mol. The van der Waals surface area contributed by atoms with E-state index in [9.17, 15) is 14.4 Å². The van der Waals surface area contributed by atoms with Crippen molar-refractivity contribution in [2.24, 2.45) is 0 Å². The number of rotatable bonds is 6. The smallest absolute Gasteiger partial charge is 0.338 e. The fraction of sp³-hybridized carbons (Fsp3) is 0.0833. The third-order valence-electron chi connectivity index (χ3n) is 4.59. The fourth-order valence-corrected chi connectivity index (χ4v) is 3.12. The zero-order valence-corrected chi connectivity index (χ0v) is 17.2. The second-order valence-corrected chi connectivity index (χ2v) is 7.07. The average Bonchev–Trinajstić information content (AvgIpc) is 3.22. The molecular weight excluding hydrogens is 408 g/mol. The monoisotopic (exact) mass is 428 g/mol. The van der Waals surface area contributed by atoms with E-state index in [1.54, 1.807) is 42.5 Å². The van der Waals surface area contributed by atoms with Crippen LogP contribution >= 0.6 is 0 Å². The lowest BCUT2D eigenvalue weighted by molar-refractivity contribution is -0.119. The van der Waals surface area contributed by atoms with Crippen LogP contribution in [-0.4, -0.2) is 34.4 Å². The second kappa shape index (κ2) is 9.13. The Bertz CT molecular complexity index is 1280. The molecule has 2 amide bonds. The highest BCUT2D eigenvalue weighted by molar-refractivity contribution is 5.97. The summed E-state index contributed by atoms with van der Waals surface area (Å²) in [6, 6.07) is 21.2. The first-order valence-corrected chi connectivity index (χ1v) is 9.88. The minimum Gasteiger partial charge on any atom is -0.452 e. The highest BCUT2D eigenvalue weighted by Crippen LogP contribution is 2.21. The number of hydrogen-bond acceptors (Lipinski definition) is 5. The van der Waals surface area contributed by atoms with Crippen molar-refractivity contribution >= 4 is 40.2 Å². The molecule has 0 unspecified atom stereocenters. The number of ether oxygens (including phenoxy) is 1. The van der Waals surface area contributed by atoms with Gasteiger partial charge in [0.15, 0.2) is 6.61 Å². The maximum atomic E-state index is 12.4. The summed E-state index contributed by atoms with van der Waals surface area (Å²) in [4.78, 5) is 43.3. The molecule has 1 aromatic heterocycles. The predicted octanol–water partition coefficient (Wildman–Crippen LogP) is 3.98. The van der Waals surface area contributed by atoms with Crippen LogP contribution in [0.3, 0.4) is 0 Å². The number of nitrogens with zero attached hydrogens (tertiary/aromatic N) is 1. The van der Waals surface area contributed by atoms with Crippen LogP contribution in [0.5, 0.6) is 0 Å². The van der Waals surface area contributed by atoms with Gasteiger partial charge in [0, 0.05) is 23.9 Å². The lowest BCUT2D eigenvalue weighted by Gasteiger charge is -2.08. The summed E-state index contributed by atoms with van der Waals surface area (Å²) in [5, 5.41) is 5.27. The minimum absolute atomic E-state index is 0.182. The van der Waals surface area contributed by atoms with Gasteiger partial charge in [-0.3, -0.25) is 9.59 Å². The minimum atomic E-state index is -0.612. The summed E-state index contributed by atoms with van der Waals surface area (Å²) in [6.07, 6.45) is 0. The highest BCUT2D eigenvalue weighted by Gasteiger charge is 2.13. The van der Waals surface area contributed by atoms with E-state index in [1.165, 1.54) is 6.92 Å². The number of fused-ring (bicyclic) bond motifs is 1. The van der Waals surface area contributed by atoms with Crippen LogP contribution in [0.1, 0.15) is 17.3 Å². The van der Waals surface area contributed by atoms with E-state index in [0.29, 0.717) is 28.3 Å². The summed E-state index contributed by atoms with van der Waals surface area (Å²) < 4.78 is 5.14. The number of hydrogen-bond donors (Lipinski definition) is 3. The number of anilines is 2. The molecule has 4 aromatic rings. The van der Waals surface area contributed by atoms with E-state index in [-0.39, 0.29) is 5.91 Å². The summed E-state index contributed by atoms with van der Waals surface area (Å²) in [7, 11) is 0. The van der Waals surface area contributed by atoms with Crippen LogP contribution in [0.25, 0.3) is 22.4 Å². The molecule has 0 aliphatic carbocycles. The number of aromatic amines is 1. The molecule has 4 rings (SSSR count). The number of benzene rings is 3. The van der Waals surface area contributed by atoms with Crippen molar-refractivity contribution in [3.8, 4) is 11.4 Å². The molecule has 8 heteroatoms. The molecule has 0 radical (unpaired) electrons. The van der Waals surface area contributed by atoms with Crippen LogP contribution in [0, 0.1) is 0 Å². The van der Waals surface area contributed by atoms with Crippen LogP contribution in [-0.2, 0) is 14.3 Å². The lowest BCUT2D eigenvalue weighted by atomic mass is 10.2. The molecule has 1 heterocycles. The molecule has 3 aromatic carbocycles. The molecule has 0 bridgehead atoms. The van der Waals surface area contributed by atoms with Crippen molar-refractivity contribution in [2.45, 2.75) is 6.92 Å². The standard InChI is InChI=1S/C24H20N4O4/c1-15(29)25-18-8-10-19(11-9-18)26-22(30)14-32-24(31)17-7-12-20-21(13-17)28-23(27-20)16-5-3-2-4-6-16/h2-13H,14H2,1H3,(H,25,29)(H,26,30)(H,27,28). The molecule has 0 saturated heterocycles. The van der Waals surface area contributed by atoms with Crippen molar-refractivity contribution in [3.05, 3.63) is 78.4 Å². The molecule has 0 spiro atoms. The van der Waals surface area contributed by atoms with Gasteiger partial charge < -0.3 is 20.4 Å².